The van der Waals surface area contributed by atoms with Gasteiger partial charge in [0.2, 0.25) is 0 Å². The van der Waals surface area contributed by atoms with Gasteiger partial charge >= 0.3 is 5.97 Å². The Kier molecular flexibility index (Phi) is 5.34. The molecule has 0 aliphatic carbocycles. The summed E-state index contributed by atoms with van der Waals surface area (Å²) >= 11 is 0. The van der Waals surface area contributed by atoms with Crippen molar-refractivity contribution in [2.24, 2.45) is 0 Å². The number of halogens is 1. The second kappa shape index (κ2) is 6.77. The fraction of sp³-hybridized carbons (Fsp3) is 0.357. The molecule has 0 radical (unpaired) electrons. The van der Waals surface area contributed by atoms with Gasteiger partial charge in [-0.25, -0.2) is 4.39 Å². The smallest absolute Gasteiger partial charge is 0.317 e. The van der Waals surface area contributed by atoms with Crippen LogP contribution in [0.15, 0.2) is 24.3 Å². The average molecular weight is 249 g/mol. The monoisotopic (exact) mass is 249 g/mol. The van der Waals surface area contributed by atoms with Gasteiger partial charge in [-0.2, -0.15) is 0 Å². The molecule has 1 aromatic carbocycles. The predicted molar refractivity (Wildman–Crippen MR) is 67.6 cm³/mol. The lowest BCUT2D eigenvalue weighted by molar-refractivity contribution is -0.138. The van der Waals surface area contributed by atoms with Gasteiger partial charge in [0.25, 0.3) is 0 Å². The number of rotatable bonds is 6. The zero-order chi connectivity index (χ0) is 13.5. The van der Waals surface area contributed by atoms with E-state index in [2.05, 4.69) is 5.92 Å². The van der Waals surface area contributed by atoms with Crippen molar-refractivity contribution in [3.05, 3.63) is 35.6 Å². The summed E-state index contributed by atoms with van der Waals surface area (Å²) in [5, 5.41) is 8.80. The Morgan fingerprint density at radius 3 is 2.78 bits per heavy atom. The molecule has 0 saturated heterocycles. The quantitative estimate of drug-likeness (QED) is 0.781. The molecule has 1 unspecified atom stereocenters. The van der Waals surface area contributed by atoms with Crippen LogP contribution in [0.3, 0.4) is 0 Å². The van der Waals surface area contributed by atoms with Crippen LogP contribution >= 0.6 is 0 Å². The Labute approximate surface area is 106 Å². The lowest BCUT2D eigenvalue weighted by Gasteiger charge is -2.25. The molecule has 0 amide bonds. The minimum Gasteiger partial charge on any atom is -0.480 e. The SMILES string of the molecule is C#CCN(CC(=O)O)C(C)Cc1ccccc1F. The summed E-state index contributed by atoms with van der Waals surface area (Å²) in [5.74, 6) is 1.21. The summed E-state index contributed by atoms with van der Waals surface area (Å²) in [7, 11) is 0. The number of hydrogen-bond donors (Lipinski definition) is 1. The lowest BCUT2D eigenvalue weighted by atomic mass is 10.1. The van der Waals surface area contributed by atoms with E-state index in [0.29, 0.717) is 12.0 Å². The number of terminal acetylenes is 1. The van der Waals surface area contributed by atoms with Gasteiger partial charge in [0.1, 0.15) is 5.82 Å². The molecule has 1 rings (SSSR count). The zero-order valence-electron chi connectivity index (χ0n) is 10.3. The van der Waals surface area contributed by atoms with Gasteiger partial charge in [-0.3, -0.25) is 9.69 Å². The summed E-state index contributed by atoms with van der Waals surface area (Å²) < 4.78 is 13.5. The van der Waals surface area contributed by atoms with Crippen LogP contribution in [0.4, 0.5) is 4.39 Å². The predicted octanol–water partition coefficient (Wildman–Crippen LogP) is 1.78. The van der Waals surface area contributed by atoms with E-state index in [0.717, 1.165) is 0 Å². The van der Waals surface area contributed by atoms with Crippen molar-refractivity contribution >= 4 is 5.97 Å². The van der Waals surface area contributed by atoms with Crippen molar-refractivity contribution in [2.45, 2.75) is 19.4 Å². The summed E-state index contributed by atoms with van der Waals surface area (Å²) in [4.78, 5) is 12.4. The third-order valence-electron chi connectivity index (χ3n) is 2.73. The van der Waals surface area contributed by atoms with Crippen molar-refractivity contribution in [1.29, 1.82) is 0 Å². The van der Waals surface area contributed by atoms with Crippen LogP contribution < -0.4 is 0 Å². The Bertz CT molecular complexity index is 453. The third-order valence-corrected chi connectivity index (χ3v) is 2.73. The highest BCUT2D eigenvalue weighted by Gasteiger charge is 2.17. The van der Waals surface area contributed by atoms with Gasteiger partial charge in [-0.15, -0.1) is 6.42 Å². The molecule has 0 saturated carbocycles. The third kappa shape index (κ3) is 4.19. The van der Waals surface area contributed by atoms with E-state index in [1.807, 2.05) is 6.92 Å². The largest absolute Gasteiger partial charge is 0.480 e. The van der Waals surface area contributed by atoms with Crippen LogP contribution in [0.2, 0.25) is 0 Å². The number of hydrogen-bond acceptors (Lipinski definition) is 2. The van der Waals surface area contributed by atoms with E-state index in [-0.39, 0.29) is 24.9 Å². The summed E-state index contributed by atoms with van der Waals surface area (Å²) in [6, 6.07) is 6.34. The van der Waals surface area contributed by atoms with Crippen LogP contribution in [0.25, 0.3) is 0 Å². The minimum absolute atomic E-state index is 0.131. The van der Waals surface area contributed by atoms with Crippen molar-refractivity contribution in [1.82, 2.24) is 4.90 Å². The number of carboxylic acid groups (broad SMARTS) is 1. The zero-order valence-corrected chi connectivity index (χ0v) is 10.3. The van der Waals surface area contributed by atoms with Crippen molar-refractivity contribution in [3.63, 3.8) is 0 Å². The fourth-order valence-electron chi connectivity index (χ4n) is 1.77. The molecule has 4 heteroatoms. The maximum absolute atomic E-state index is 13.5. The molecular weight excluding hydrogens is 233 g/mol. The van der Waals surface area contributed by atoms with Crippen molar-refractivity contribution in [2.75, 3.05) is 13.1 Å². The first-order valence-corrected chi connectivity index (χ1v) is 5.67. The molecule has 3 nitrogen and oxygen atoms in total. The summed E-state index contributed by atoms with van der Waals surface area (Å²) in [5.41, 5.74) is 0.567. The molecule has 96 valence electrons. The van der Waals surface area contributed by atoms with E-state index in [1.54, 1.807) is 23.1 Å². The van der Waals surface area contributed by atoms with E-state index in [4.69, 9.17) is 11.5 Å². The Balaban J connectivity index is 2.72. The maximum Gasteiger partial charge on any atom is 0.317 e. The minimum atomic E-state index is -0.939. The van der Waals surface area contributed by atoms with Crippen LogP contribution in [0.1, 0.15) is 12.5 Å². The Morgan fingerprint density at radius 2 is 2.22 bits per heavy atom. The van der Waals surface area contributed by atoms with Crippen molar-refractivity contribution < 1.29 is 14.3 Å². The maximum atomic E-state index is 13.5. The van der Waals surface area contributed by atoms with E-state index < -0.39 is 5.97 Å². The van der Waals surface area contributed by atoms with Gasteiger partial charge in [-0.05, 0) is 25.0 Å². The Morgan fingerprint density at radius 1 is 1.56 bits per heavy atom. The molecule has 0 aliphatic rings. The fourth-order valence-corrected chi connectivity index (χ4v) is 1.77. The first kappa shape index (κ1) is 14.2. The van der Waals surface area contributed by atoms with E-state index in [1.165, 1.54) is 6.07 Å². The first-order chi connectivity index (χ1) is 8.54. The number of carbonyl (C=O) groups is 1. The molecule has 0 aromatic heterocycles. The topological polar surface area (TPSA) is 40.5 Å². The second-order valence-corrected chi connectivity index (χ2v) is 4.15. The number of nitrogens with zero attached hydrogens (tertiary/aromatic N) is 1. The highest BCUT2D eigenvalue weighted by Crippen LogP contribution is 2.12. The standard InChI is InChI=1S/C14H16FNO2/c1-3-8-16(10-14(17)18)11(2)9-12-6-4-5-7-13(12)15/h1,4-7,11H,8-10H2,2H3,(H,17,18). The molecule has 0 aliphatic heterocycles. The molecule has 1 aromatic rings. The van der Waals surface area contributed by atoms with Crippen LogP contribution in [-0.2, 0) is 11.2 Å². The molecule has 1 N–H and O–H groups in total. The number of benzene rings is 1. The van der Waals surface area contributed by atoms with Gasteiger partial charge in [0.05, 0.1) is 13.1 Å². The average Bonchev–Trinajstić information content (AvgIpc) is 2.31. The van der Waals surface area contributed by atoms with Gasteiger partial charge in [0.15, 0.2) is 0 Å². The second-order valence-electron chi connectivity index (χ2n) is 4.15. The van der Waals surface area contributed by atoms with Crippen LogP contribution in [-0.4, -0.2) is 35.1 Å². The lowest BCUT2D eigenvalue weighted by Crippen LogP contribution is -2.39. The highest BCUT2D eigenvalue weighted by molar-refractivity contribution is 5.69. The molecule has 18 heavy (non-hydrogen) atoms. The molecule has 0 bridgehead atoms. The molecule has 0 fully saturated rings. The van der Waals surface area contributed by atoms with Gasteiger partial charge < -0.3 is 5.11 Å². The molecule has 0 spiro atoms. The first-order valence-electron chi connectivity index (χ1n) is 5.67. The molecule has 0 heterocycles. The summed E-state index contributed by atoms with van der Waals surface area (Å²) in [6.07, 6.45) is 5.64. The highest BCUT2D eigenvalue weighted by atomic mass is 19.1. The normalized spacial score (nSPS) is 12.1. The van der Waals surface area contributed by atoms with E-state index in [9.17, 15) is 9.18 Å². The summed E-state index contributed by atoms with van der Waals surface area (Å²) in [6.45, 7) is 1.94. The van der Waals surface area contributed by atoms with Gasteiger partial charge in [0, 0.05) is 6.04 Å². The van der Waals surface area contributed by atoms with Crippen LogP contribution in [0.5, 0.6) is 0 Å². The Hall–Kier alpha value is -1.86. The van der Waals surface area contributed by atoms with Crippen LogP contribution in [0, 0.1) is 18.2 Å². The van der Waals surface area contributed by atoms with E-state index >= 15 is 0 Å². The number of carboxylic acids is 1. The molecular formula is C14H16FNO2. The van der Waals surface area contributed by atoms with Crippen molar-refractivity contribution in [3.8, 4) is 12.3 Å². The van der Waals surface area contributed by atoms with Gasteiger partial charge in [-0.1, -0.05) is 24.1 Å². The molecule has 1 atom stereocenters. The number of aliphatic carboxylic acids is 1.